The molecule has 1 aromatic rings. The van der Waals surface area contributed by atoms with Crippen molar-refractivity contribution in [3.05, 3.63) is 29.8 Å². The molecule has 16 heavy (non-hydrogen) atoms. The molecule has 1 amide bonds. The first kappa shape index (κ1) is 14.6. The van der Waals surface area contributed by atoms with Crippen LogP contribution in [0.2, 0.25) is 0 Å². The van der Waals surface area contributed by atoms with Gasteiger partial charge in [-0.25, -0.2) is 0 Å². The summed E-state index contributed by atoms with van der Waals surface area (Å²) in [5.74, 6) is -0.221. The summed E-state index contributed by atoms with van der Waals surface area (Å²) in [5, 5.41) is 18.4. The molecule has 0 aliphatic carbocycles. The van der Waals surface area contributed by atoms with Crippen LogP contribution in [0.1, 0.15) is 15.3 Å². The van der Waals surface area contributed by atoms with Crippen molar-refractivity contribution in [2.75, 3.05) is 12.4 Å². The number of rotatable bonds is 3. The van der Waals surface area contributed by atoms with E-state index >= 15 is 0 Å². The number of hydrogen-bond donors (Lipinski definition) is 4. The summed E-state index contributed by atoms with van der Waals surface area (Å²) in [6.07, 6.45) is 0. The topological polar surface area (TPSA) is 95.6 Å². The minimum Gasteiger partial charge on any atom is -0.400 e. The predicted molar refractivity (Wildman–Crippen MR) is 67.0 cm³/mol. The SMILES string of the molecule is CO.C[C@H](N)C(=O)Nc1ccc(CO)cc1.[HH].[HH]. The van der Waals surface area contributed by atoms with Gasteiger partial charge < -0.3 is 21.3 Å². The molecule has 0 saturated carbocycles. The van der Waals surface area contributed by atoms with E-state index in [1.165, 1.54) is 0 Å². The van der Waals surface area contributed by atoms with Gasteiger partial charge in [-0.2, -0.15) is 0 Å². The van der Waals surface area contributed by atoms with Crippen molar-refractivity contribution in [2.24, 2.45) is 5.73 Å². The molecule has 0 aliphatic heterocycles. The van der Waals surface area contributed by atoms with Crippen molar-refractivity contribution >= 4 is 11.6 Å². The summed E-state index contributed by atoms with van der Waals surface area (Å²) >= 11 is 0. The van der Waals surface area contributed by atoms with Crippen LogP contribution >= 0.6 is 0 Å². The van der Waals surface area contributed by atoms with Crippen LogP contribution in [0.5, 0.6) is 0 Å². The van der Waals surface area contributed by atoms with E-state index in [0.29, 0.717) is 5.69 Å². The zero-order valence-electron chi connectivity index (χ0n) is 9.47. The van der Waals surface area contributed by atoms with Crippen LogP contribution in [0.3, 0.4) is 0 Å². The Morgan fingerprint density at radius 2 is 1.94 bits per heavy atom. The van der Waals surface area contributed by atoms with Crippen LogP contribution < -0.4 is 11.1 Å². The molecule has 1 rings (SSSR count). The molecule has 5 nitrogen and oxygen atoms in total. The number of benzene rings is 1. The molecule has 5 N–H and O–H groups in total. The Morgan fingerprint density at radius 3 is 2.31 bits per heavy atom. The highest BCUT2D eigenvalue weighted by Crippen LogP contribution is 2.09. The molecule has 0 unspecified atom stereocenters. The van der Waals surface area contributed by atoms with Gasteiger partial charge in [0.15, 0.2) is 0 Å². The zero-order chi connectivity index (χ0) is 12.6. The Bertz CT molecular complexity index is 319. The van der Waals surface area contributed by atoms with Gasteiger partial charge in [0.05, 0.1) is 12.6 Å². The van der Waals surface area contributed by atoms with Gasteiger partial charge in [-0.05, 0) is 24.6 Å². The lowest BCUT2D eigenvalue weighted by Gasteiger charge is -2.07. The number of aliphatic hydroxyl groups is 2. The molecule has 1 aromatic carbocycles. The molecule has 0 bridgehead atoms. The third-order valence-electron chi connectivity index (χ3n) is 1.82. The third-order valence-corrected chi connectivity index (χ3v) is 1.82. The highest BCUT2D eigenvalue weighted by Gasteiger charge is 2.06. The first-order chi connectivity index (χ1) is 7.63. The van der Waals surface area contributed by atoms with Gasteiger partial charge in [-0.15, -0.1) is 0 Å². The maximum absolute atomic E-state index is 11.2. The maximum Gasteiger partial charge on any atom is 0.240 e. The van der Waals surface area contributed by atoms with Crippen molar-refractivity contribution in [3.8, 4) is 0 Å². The lowest BCUT2D eigenvalue weighted by Crippen LogP contribution is -2.32. The third kappa shape index (κ3) is 4.88. The molecule has 0 aliphatic rings. The molecule has 0 fully saturated rings. The van der Waals surface area contributed by atoms with Gasteiger partial charge in [-0.3, -0.25) is 4.79 Å². The van der Waals surface area contributed by atoms with E-state index in [0.717, 1.165) is 12.7 Å². The molecule has 0 saturated heterocycles. The van der Waals surface area contributed by atoms with E-state index < -0.39 is 6.04 Å². The Morgan fingerprint density at radius 1 is 1.44 bits per heavy atom. The number of anilines is 1. The predicted octanol–water partition coefficient (Wildman–Crippen LogP) is 0.565. The van der Waals surface area contributed by atoms with Crippen LogP contribution in [0.25, 0.3) is 0 Å². The van der Waals surface area contributed by atoms with Crippen molar-refractivity contribution in [1.29, 1.82) is 0 Å². The minimum atomic E-state index is -0.521. The number of carbonyl (C=O) groups excluding carboxylic acids is 1. The number of aliphatic hydroxyl groups excluding tert-OH is 2. The maximum atomic E-state index is 11.2. The molecular weight excluding hydrogens is 208 g/mol. The second-order valence-corrected chi connectivity index (χ2v) is 3.13. The summed E-state index contributed by atoms with van der Waals surface area (Å²) in [6.45, 7) is 1.62. The van der Waals surface area contributed by atoms with E-state index in [1.54, 1.807) is 31.2 Å². The number of hydrogen-bond acceptors (Lipinski definition) is 4. The van der Waals surface area contributed by atoms with E-state index in [1.807, 2.05) is 0 Å². The molecule has 94 valence electrons. The lowest BCUT2D eigenvalue weighted by molar-refractivity contribution is -0.117. The van der Waals surface area contributed by atoms with Gasteiger partial charge in [0.1, 0.15) is 0 Å². The second-order valence-electron chi connectivity index (χ2n) is 3.13. The number of carbonyl (C=O) groups is 1. The fourth-order valence-electron chi connectivity index (χ4n) is 0.950. The summed E-state index contributed by atoms with van der Waals surface area (Å²) in [4.78, 5) is 11.2. The van der Waals surface area contributed by atoms with Crippen molar-refractivity contribution in [1.82, 2.24) is 0 Å². The first-order valence-corrected chi connectivity index (χ1v) is 4.84. The van der Waals surface area contributed by atoms with E-state index in [9.17, 15) is 4.79 Å². The van der Waals surface area contributed by atoms with E-state index in [-0.39, 0.29) is 15.4 Å². The van der Waals surface area contributed by atoms with Crippen molar-refractivity contribution in [3.63, 3.8) is 0 Å². The summed E-state index contributed by atoms with van der Waals surface area (Å²) in [7, 11) is 1.00. The fraction of sp³-hybridized carbons (Fsp3) is 0.364. The molecule has 0 radical (unpaired) electrons. The van der Waals surface area contributed by atoms with Gasteiger partial charge in [0.2, 0.25) is 5.91 Å². The zero-order valence-corrected chi connectivity index (χ0v) is 9.47. The number of amides is 1. The van der Waals surface area contributed by atoms with Gasteiger partial charge >= 0.3 is 0 Å². The fourth-order valence-corrected chi connectivity index (χ4v) is 0.950. The standard InChI is InChI=1S/C10H14N2O2.CH4O.2H2/c1-7(11)10(14)12-9-4-2-8(6-13)3-5-9;1-2;;/h2-5,7,13H,6,11H2,1H3,(H,12,14);2H,1H3;2*1H/t7-;;;/m0.../s1. The average Bonchev–Trinajstić information content (AvgIpc) is 2.32. The Hall–Kier alpha value is -1.43. The molecule has 0 spiro atoms. The minimum absolute atomic E-state index is 0. The Labute approximate surface area is 97.9 Å². The highest BCUT2D eigenvalue weighted by atomic mass is 16.3. The molecule has 1 atom stereocenters. The van der Waals surface area contributed by atoms with Crippen LogP contribution in [0, 0.1) is 0 Å². The Kier molecular flexibility index (Phi) is 7.11. The van der Waals surface area contributed by atoms with Crippen molar-refractivity contribution in [2.45, 2.75) is 19.6 Å². The average molecular weight is 230 g/mol. The summed E-state index contributed by atoms with van der Waals surface area (Å²) < 4.78 is 0. The number of nitrogens with one attached hydrogen (secondary N) is 1. The Balaban J connectivity index is -0.000000534. The van der Waals surface area contributed by atoms with Crippen LogP contribution in [0.15, 0.2) is 24.3 Å². The molecule has 0 heterocycles. The van der Waals surface area contributed by atoms with Gasteiger partial charge in [0, 0.05) is 15.7 Å². The summed E-state index contributed by atoms with van der Waals surface area (Å²) in [6, 6.07) is 6.43. The second kappa shape index (κ2) is 7.81. The molecular formula is C11H22N2O3. The van der Waals surface area contributed by atoms with Gasteiger partial charge in [0.25, 0.3) is 0 Å². The smallest absolute Gasteiger partial charge is 0.240 e. The normalized spacial score (nSPS) is 11.1. The van der Waals surface area contributed by atoms with E-state index in [2.05, 4.69) is 5.32 Å². The lowest BCUT2D eigenvalue weighted by atomic mass is 10.2. The molecule has 5 heteroatoms. The van der Waals surface area contributed by atoms with Crippen LogP contribution in [-0.2, 0) is 11.4 Å². The number of nitrogens with two attached hydrogens (primary N) is 1. The van der Waals surface area contributed by atoms with E-state index in [4.69, 9.17) is 15.9 Å². The highest BCUT2D eigenvalue weighted by molar-refractivity contribution is 5.94. The van der Waals surface area contributed by atoms with Crippen molar-refractivity contribution < 1.29 is 17.9 Å². The monoisotopic (exact) mass is 230 g/mol. The van der Waals surface area contributed by atoms with Crippen LogP contribution in [-0.4, -0.2) is 29.3 Å². The largest absolute Gasteiger partial charge is 0.400 e. The summed E-state index contributed by atoms with van der Waals surface area (Å²) in [5.41, 5.74) is 6.88. The van der Waals surface area contributed by atoms with Crippen LogP contribution in [0.4, 0.5) is 5.69 Å². The van der Waals surface area contributed by atoms with Gasteiger partial charge in [-0.1, -0.05) is 12.1 Å². The quantitative estimate of drug-likeness (QED) is 0.610. The molecule has 0 aromatic heterocycles. The first-order valence-electron chi connectivity index (χ1n) is 4.84.